The molecule has 0 aliphatic carbocycles. The van der Waals surface area contributed by atoms with E-state index in [-0.39, 0.29) is 23.5 Å². The Hall–Kier alpha value is -1.89. The summed E-state index contributed by atoms with van der Waals surface area (Å²) in [5, 5.41) is 6.66. The zero-order valence-corrected chi connectivity index (χ0v) is 16.0. The normalized spacial score (nSPS) is 19.8. The fraction of sp³-hybridized carbons (Fsp3) is 0.316. The molecule has 1 amide bonds. The molecule has 0 bridgehead atoms. The van der Waals surface area contributed by atoms with Gasteiger partial charge in [0, 0.05) is 16.8 Å². The summed E-state index contributed by atoms with van der Waals surface area (Å²) < 4.78 is 23.5. The topological polar surface area (TPSA) is 75.3 Å². The Morgan fingerprint density at radius 2 is 1.92 bits per heavy atom. The molecule has 5 nitrogen and oxygen atoms in total. The number of rotatable bonds is 5. The molecule has 1 fully saturated rings. The van der Waals surface area contributed by atoms with Crippen molar-refractivity contribution in [3.63, 3.8) is 0 Å². The molecule has 2 aromatic carbocycles. The van der Waals surface area contributed by atoms with Crippen molar-refractivity contribution in [2.75, 3.05) is 16.8 Å². The van der Waals surface area contributed by atoms with Crippen LogP contribution in [0.25, 0.3) is 0 Å². The van der Waals surface area contributed by atoms with Crippen molar-refractivity contribution < 1.29 is 13.2 Å². The Kier molecular flexibility index (Phi) is 5.65. The van der Waals surface area contributed by atoms with E-state index in [4.69, 9.17) is 11.6 Å². The van der Waals surface area contributed by atoms with Gasteiger partial charge in [-0.15, -0.1) is 0 Å². The van der Waals surface area contributed by atoms with Gasteiger partial charge in [0.05, 0.1) is 11.5 Å². The molecule has 26 heavy (non-hydrogen) atoms. The van der Waals surface area contributed by atoms with Crippen LogP contribution in [0.15, 0.2) is 48.5 Å². The Bertz CT molecular complexity index is 900. The number of aryl methyl sites for hydroxylation is 1. The summed E-state index contributed by atoms with van der Waals surface area (Å²) in [7, 11) is -3.03. The zero-order chi connectivity index (χ0) is 18.7. The molecule has 0 radical (unpaired) electrons. The maximum absolute atomic E-state index is 12.9. The summed E-state index contributed by atoms with van der Waals surface area (Å²) in [6, 6.07) is 13.7. The maximum atomic E-state index is 12.9. The molecule has 0 aromatic heterocycles. The minimum atomic E-state index is -3.03. The van der Waals surface area contributed by atoms with Crippen LogP contribution in [-0.4, -0.2) is 31.9 Å². The molecule has 138 valence electrons. The Morgan fingerprint density at radius 3 is 2.54 bits per heavy atom. The molecule has 7 heteroatoms. The molecular formula is C19H21ClN2O3S. The second-order valence-electron chi connectivity index (χ2n) is 6.56. The highest BCUT2D eigenvalue weighted by Crippen LogP contribution is 2.23. The molecular weight excluding hydrogens is 372 g/mol. The van der Waals surface area contributed by atoms with Crippen LogP contribution in [0.4, 0.5) is 5.69 Å². The molecule has 1 aliphatic rings. The first kappa shape index (κ1) is 18.9. The van der Waals surface area contributed by atoms with Crippen LogP contribution in [-0.2, 0) is 14.6 Å². The lowest BCUT2D eigenvalue weighted by Gasteiger charge is -2.22. The van der Waals surface area contributed by atoms with Gasteiger partial charge in [-0.1, -0.05) is 48.0 Å². The number of hydrogen-bond acceptors (Lipinski definition) is 4. The number of sulfone groups is 1. The number of nitrogens with one attached hydrogen (secondary N) is 2. The minimum absolute atomic E-state index is 0.0555. The standard InChI is InChI=1S/C19H21ClN2O3S/c1-13-7-8-15(11-17(13)20)22-19(23)18(14-5-3-2-4-6-14)21-16-9-10-26(24,25)12-16/h2-8,11,16,18,21H,9-10,12H2,1H3,(H,22,23)/t16-,18+/m0/s1. The van der Waals surface area contributed by atoms with Crippen molar-refractivity contribution in [1.82, 2.24) is 5.32 Å². The van der Waals surface area contributed by atoms with Crippen molar-refractivity contribution >= 4 is 33.0 Å². The molecule has 0 spiro atoms. The van der Waals surface area contributed by atoms with Gasteiger partial charge in [0.2, 0.25) is 5.91 Å². The first-order valence-electron chi connectivity index (χ1n) is 8.42. The molecule has 0 saturated carbocycles. The number of amides is 1. The molecule has 1 saturated heterocycles. The maximum Gasteiger partial charge on any atom is 0.246 e. The highest BCUT2D eigenvalue weighted by atomic mass is 35.5. The van der Waals surface area contributed by atoms with E-state index in [0.717, 1.165) is 11.1 Å². The number of hydrogen-bond donors (Lipinski definition) is 2. The van der Waals surface area contributed by atoms with Crippen LogP contribution >= 0.6 is 11.6 Å². The third-order valence-electron chi connectivity index (χ3n) is 4.47. The second-order valence-corrected chi connectivity index (χ2v) is 9.20. The van der Waals surface area contributed by atoms with E-state index in [1.165, 1.54) is 0 Å². The monoisotopic (exact) mass is 392 g/mol. The van der Waals surface area contributed by atoms with Crippen molar-refractivity contribution in [3.8, 4) is 0 Å². The van der Waals surface area contributed by atoms with Crippen LogP contribution in [0.1, 0.15) is 23.6 Å². The minimum Gasteiger partial charge on any atom is -0.324 e. The number of halogens is 1. The fourth-order valence-corrected chi connectivity index (χ4v) is 4.88. The first-order chi connectivity index (χ1) is 12.3. The molecule has 2 atom stereocenters. The quantitative estimate of drug-likeness (QED) is 0.819. The van der Waals surface area contributed by atoms with E-state index in [2.05, 4.69) is 10.6 Å². The van der Waals surface area contributed by atoms with Gasteiger partial charge in [0.15, 0.2) is 9.84 Å². The smallest absolute Gasteiger partial charge is 0.246 e. The van der Waals surface area contributed by atoms with Crippen LogP contribution in [0.2, 0.25) is 5.02 Å². The van der Waals surface area contributed by atoms with Crippen LogP contribution in [0.5, 0.6) is 0 Å². The fourth-order valence-electron chi connectivity index (χ4n) is 3.02. The van der Waals surface area contributed by atoms with E-state index in [0.29, 0.717) is 17.1 Å². The van der Waals surface area contributed by atoms with Crippen molar-refractivity contribution in [3.05, 3.63) is 64.7 Å². The largest absolute Gasteiger partial charge is 0.324 e. The number of anilines is 1. The average Bonchev–Trinajstić information content (AvgIpc) is 2.95. The van der Waals surface area contributed by atoms with Crippen LogP contribution < -0.4 is 10.6 Å². The van der Waals surface area contributed by atoms with Gasteiger partial charge >= 0.3 is 0 Å². The van der Waals surface area contributed by atoms with Crippen molar-refractivity contribution in [1.29, 1.82) is 0 Å². The van der Waals surface area contributed by atoms with Gasteiger partial charge in [-0.2, -0.15) is 0 Å². The SMILES string of the molecule is Cc1ccc(NC(=O)[C@H](N[C@H]2CCS(=O)(=O)C2)c2ccccc2)cc1Cl. The highest BCUT2D eigenvalue weighted by Gasteiger charge is 2.32. The third-order valence-corrected chi connectivity index (χ3v) is 6.64. The second kappa shape index (κ2) is 7.78. The summed E-state index contributed by atoms with van der Waals surface area (Å²) >= 11 is 6.13. The Morgan fingerprint density at radius 1 is 1.19 bits per heavy atom. The van der Waals surface area contributed by atoms with E-state index < -0.39 is 15.9 Å². The molecule has 1 heterocycles. The predicted octanol–water partition coefficient (Wildman–Crippen LogP) is 3.10. The molecule has 2 N–H and O–H groups in total. The van der Waals surface area contributed by atoms with Crippen LogP contribution in [0.3, 0.4) is 0 Å². The summed E-state index contributed by atoms with van der Waals surface area (Å²) in [6.45, 7) is 1.89. The van der Waals surface area contributed by atoms with Crippen molar-refractivity contribution in [2.45, 2.75) is 25.4 Å². The number of carbonyl (C=O) groups excluding carboxylic acids is 1. The molecule has 0 unspecified atom stereocenters. The first-order valence-corrected chi connectivity index (χ1v) is 10.6. The summed E-state index contributed by atoms with van der Waals surface area (Å²) in [4.78, 5) is 12.9. The van der Waals surface area contributed by atoms with Crippen LogP contribution in [0, 0.1) is 6.92 Å². The number of benzene rings is 2. The summed E-state index contributed by atoms with van der Waals surface area (Å²) in [5.74, 6) is -0.0400. The lowest BCUT2D eigenvalue weighted by molar-refractivity contribution is -0.118. The van der Waals surface area contributed by atoms with Gasteiger partial charge in [-0.05, 0) is 36.6 Å². The molecule has 2 aromatic rings. The van der Waals surface area contributed by atoms with E-state index in [1.807, 2.05) is 43.3 Å². The third kappa shape index (κ3) is 4.63. The summed E-state index contributed by atoms with van der Waals surface area (Å²) in [6.07, 6.45) is 0.509. The van der Waals surface area contributed by atoms with Gasteiger partial charge < -0.3 is 5.32 Å². The Balaban J connectivity index is 1.80. The summed E-state index contributed by atoms with van der Waals surface area (Å²) in [5.41, 5.74) is 2.32. The predicted molar refractivity (Wildman–Crippen MR) is 104 cm³/mol. The van der Waals surface area contributed by atoms with E-state index in [1.54, 1.807) is 12.1 Å². The van der Waals surface area contributed by atoms with E-state index >= 15 is 0 Å². The molecule has 1 aliphatic heterocycles. The van der Waals surface area contributed by atoms with E-state index in [9.17, 15) is 13.2 Å². The van der Waals surface area contributed by atoms with Gasteiger partial charge in [-0.3, -0.25) is 10.1 Å². The van der Waals surface area contributed by atoms with Gasteiger partial charge in [0.25, 0.3) is 0 Å². The van der Waals surface area contributed by atoms with Gasteiger partial charge in [0.1, 0.15) is 6.04 Å². The molecule has 3 rings (SSSR count). The average molecular weight is 393 g/mol. The van der Waals surface area contributed by atoms with Gasteiger partial charge in [-0.25, -0.2) is 8.42 Å². The highest BCUT2D eigenvalue weighted by molar-refractivity contribution is 7.91. The lowest BCUT2D eigenvalue weighted by atomic mass is 10.0. The lowest BCUT2D eigenvalue weighted by Crippen LogP contribution is -2.40. The zero-order valence-electron chi connectivity index (χ0n) is 14.4. The Labute approximate surface area is 158 Å². The number of carbonyl (C=O) groups is 1. The van der Waals surface area contributed by atoms with Crippen molar-refractivity contribution in [2.24, 2.45) is 0 Å².